The van der Waals surface area contributed by atoms with Gasteiger partial charge in [-0.25, -0.2) is 0 Å². The minimum Gasteiger partial charge on any atom is -0.299 e. The Morgan fingerprint density at radius 2 is 2.14 bits per heavy atom. The van der Waals surface area contributed by atoms with Crippen molar-refractivity contribution in [3.8, 4) is 0 Å². The highest BCUT2D eigenvalue weighted by molar-refractivity contribution is 5.83. The first-order valence-electron chi connectivity index (χ1n) is 2.47. The molecule has 0 aliphatic heterocycles. The smallest absolute Gasteiger partial charge is 0.137 e. The van der Waals surface area contributed by atoms with E-state index in [0.29, 0.717) is 12.2 Å². The van der Waals surface area contributed by atoms with Crippen molar-refractivity contribution >= 4 is 5.78 Å². The standard InChI is InChI=1S/C6H8O/c1-5-2-3-6(7)4-5/h1-4H2. The van der Waals surface area contributed by atoms with Gasteiger partial charge in [-0.15, -0.1) is 0 Å². The normalized spacial score (nSPS) is 21.1. The molecule has 1 heteroatoms. The molecule has 0 atom stereocenters. The van der Waals surface area contributed by atoms with Crippen molar-refractivity contribution < 1.29 is 4.79 Å². The van der Waals surface area contributed by atoms with Crippen LogP contribution in [-0.2, 0) is 4.79 Å². The molecule has 1 fully saturated rings. The van der Waals surface area contributed by atoms with E-state index in [2.05, 4.69) is 6.58 Å². The summed E-state index contributed by atoms with van der Waals surface area (Å²) in [7, 11) is 0. The molecule has 0 radical (unpaired) electrons. The molecule has 1 saturated carbocycles. The maximum absolute atomic E-state index is 10.4. The Labute approximate surface area is 43.0 Å². The van der Waals surface area contributed by atoms with Crippen LogP contribution in [0, 0.1) is 0 Å². The number of rotatable bonds is 0. The fraction of sp³-hybridized carbons (Fsp3) is 0.500. The van der Waals surface area contributed by atoms with Crippen molar-refractivity contribution in [3.63, 3.8) is 0 Å². The first-order chi connectivity index (χ1) is 3.29. The van der Waals surface area contributed by atoms with Crippen LogP contribution in [0.5, 0.6) is 0 Å². The van der Waals surface area contributed by atoms with E-state index in [0.717, 1.165) is 18.4 Å². The van der Waals surface area contributed by atoms with Gasteiger partial charge in [-0.2, -0.15) is 0 Å². The van der Waals surface area contributed by atoms with Gasteiger partial charge in [0.1, 0.15) is 5.78 Å². The predicted octanol–water partition coefficient (Wildman–Crippen LogP) is 1.30. The van der Waals surface area contributed by atoms with E-state index in [1.165, 1.54) is 0 Å². The van der Waals surface area contributed by atoms with Gasteiger partial charge in [0.2, 0.25) is 0 Å². The number of hydrogen-bond acceptors (Lipinski definition) is 1. The molecular formula is C6H8O. The highest BCUT2D eigenvalue weighted by Crippen LogP contribution is 2.17. The first-order valence-corrected chi connectivity index (χ1v) is 2.47. The molecule has 1 aliphatic rings. The Morgan fingerprint density at radius 3 is 2.29 bits per heavy atom. The molecule has 7 heavy (non-hydrogen) atoms. The van der Waals surface area contributed by atoms with Gasteiger partial charge in [-0.3, -0.25) is 4.79 Å². The quantitative estimate of drug-likeness (QED) is 0.415. The van der Waals surface area contributed by atoms with Crippen molar-refractivity contribution in [1.82, 2.24) is 0 Å². The fourth-order valence-electron chi connectivity index (χ4n) is 0.772. The molecule has 0 heterocycles. The van der Waals surface area contributed by atoms with E-state index < -0.39 is 0 Å². The Hall–Kier alpha value is -0.590. The van der Waals surface area contributed by atoms with Gasteiger partial charge < -0.3 is 0 Å². The zero-order chi connectivity index (χ0) is 5.28. The summed E-state index contributed by atoms with van der Waals surface area (Å²) in [5.74, 6) is 0.352. The molecule has 38 valence electrons. The van der Waals surface area contributed by atoms with Crippen LogP contribution in [0.15, 0.2) is 12.2 Å². The third-order valence-electron chi connectivity index (χ3n) is 1.20. The highest BCUT2D eigenvalue weighted by Gasteiger charge is 2.11. The summed E-state index contributed by atoms with van der Waals surface area (Å²) in [6, 6.07) is 0. The van der Waals surface area contributed by atoms with E-state index in [1.807, 2.05) is 0 Å². The fourth-order valence-corrected chi connectivity index (χ4v) is 0.772. The number of carbonyl (C=O) groups is 1. The number of allylic oxidation sites excluding steroid dienone is 1. The van der Waals surface area contributed by atoms with Gasteiger partial charge in [-0.1, -0.05) is 12.2 Å². The van der Waals surface area contributed by atoms with E-state index in [4.69, 9.17) is 0 Å². The number of carbonyl (C=O) groups excluding carboxylic acids is 1. The lowest BCUT2D eigenvalue weighted by Gasteiger charge is -1.78. The summed E-state index contributed by atoms with van der Waals surface area (Å²) in [6.07, 6.45) is 2.30. The van der Waals surface area contributed by atoms with Crippen molar-refractivity contribution in [2.24, 2.45) is 0 Å². The first kappa shape index (κ1) is 4.57. The lowest BCUT2D eigenvalue weighted by Crippen LogP contribution is -1.82. The van der Waals surface area contributed by atoms with Crippen LogP contribution in [0.1, 0.15) is 19.3 Å². The Bertz CT molecular complexity index is 99.3. The molecule has 0 spiro atoms. The van der Waals surface area contributed by atoms with E-state index in [1.54, 1.807) is 0 Å². The Morgan fingerprint density at radius 1 is 1.43 bits per heavy atom. The summed E-state index contributed by atoms with van der Waals surface area (Å²) < 4.78 is 0. The van der Waals surface area contributed by atoms with Gasteiger partial charge in [0.25, 0.3) is 0 Å². The number of Topliss-reactive ketones (excluding diaryl/α,β-unsaturated/α-hetero) is 1. The number of ketones is 1. The van der Waals surface area contributed by atoms with Crippen molar-refractivity contribution in [2.75, 3.05) is 0 Å². The topological polar surface area (TPSA) is 17.1 Å². The molecule has 0 aromatic carbocycles. The van der Waals surface area contributed by atoms with Crippen LogP contribution in [0.25, 0.3) is 0 Å². The van der Waals surface area contributed by atoms with Crippen molar-refractivity contribution in [1.29, 1.82) is 0 Å². The lowest BCUT2D eigenvalue weighted by atomic mass is 10.3. The molecule has 1 aliphatic carbocycles. The predicted molar refractivity (Wildman–Crippen MR) is 28.0 cm³/mol. The zero-order valence-corrected chi connectivity index (χ0v) is 4.24. The second kappa shape index (κ2) is 1.49. The van der Waals surface area contributed by atoms with Crippen LogP contribution < -0.4 is 0 Å². The van der Waals surface area contributed by atoms with Crippen LogP contribution in [0.4, 0.5) is 0 Å². The SMILES string of the molecule is C=C1CCC(=O)C1. The molecule has 1 rings (SSSR count). The maximum Gasteiger partial charge on any atom is 0.137 e. The molecular weight excluding hydrogens is 88.1 g/mol. The summed E-state index contributed by atoms with van der Waals surface area (Å²) in [5, 5.41) is 0. The van der Waals surface area contributed by atoms with Crippen molar-refractivity contribution in [2.45, 2.75) is 19.3 Å². The zero-order valence-electron chi connectivity index (χ0n) is 4.24. The summed E-state index contributed by atoms with van der Waals surface area (Å²) in [4.78, 5) is 10.4. The van der Waals surface area contributed by atoms with E-state index in [9.17, 15) is 4.79 Å². The average Bonchev–Trinajstić information content (AvgIpc) is 1.87. The summed E-state index contributed by atoms with van der Waals surface area (Å²) in [6.45, 7) is 3.68. The minimum absolute atomic E-state index is 0.352. The molecule has 0 bridgehead atoms. The summed E-state index contributed by atoms with van der Waals surface area (Å²) in [5.41, 5.74) is 1.10. The van der Waals surface area contributed by atoms with Crippen LogP contribution in [0.3, 0.4) is 0 Å². The van der Waals surface area contributed by atoms with Gasteiger partial charge in [0.05, 0.1) is 0 Å². The third-order valence-corrected chi connectivity index (χ3v) is 1.20. The largest absolute Gasteiger partial charge is 0.299 e. The molecule has 0 amide bonds. The molecule has 0 unspecified atom stereocenters. The second-order valence-corrected chi connectivity index (χ2v) is 1.97. The molecule has 0 saturated heterocycles. The average molecular weight is 96.1 g/mol. The molecule has 0 N–H and O–H groups in total. The Balaban J connectivity index is 2.55. The molecule has 1 nitrogen and oxygen atoms in total. The molecule has 0 aromatic heterocycles. The highest BCUT2D eigenvalue weighted by atomic mass is 16.1. The van der Waals surface area contributed by atoms with E-state index in [-0.39, 0.29) is 0 Å². The number of hydrogen-bond donors (Lipinski definition) is 0. The second-order valence-electron chi connectivity index (χ2n) is 1.97. The van der Waals surface area contributed by atoms with Crippen LogP contribution in [0.2, 0.25) is 0 Å². The van der Waals surface area contributed by atoms with Crippen LogP contribution in [-0.4, -0.2) is 5.78 Å². The maximum atomic E-state index is 10.4. The van der Waals surface area contributed by atoms with Crippen molar-refractivity contribution in [3.05, 3.63) is 12.2 Å². The summed E-state index contributed by atoms with van der Waals surface area (Å²) >= 11 is 0. The van der Waals surface area contributed by atoms with E-state index >= 15 is 0 Å². The van der Waals surface area contributed by atoms with Gasteiger partial charge >= 0.3 is 0 Å². The molecule has 0 aromatic rings. The van der Waals surface area contributed by atoms with Gasteiger partial charge in [-0.05, 0) is 6.42 Å². The van der Waals surface area contributed by atoms with Gasteiger partial charge in [0, 0.05) is 12.8 Å². The third kappa shape index (κ3) is 0.889. The van der Waals surface area contributed by atoms with Gasteiger partial charge in [0.15, 0.2) is 0 Å². The Kier molecular flexibility index (Phi) is 0.970. The monoisotopic (exact) mass is 96.1 g/mol. The van der Waals surface area contributed by atoms with Crippen LogP contribution >= 0.6 is 0 Å². The lowest BCUT2D eigenvalue weighted by molar-refractivity contribution is -0.117. The minimum atomic E-state index is 0.352.